The van der Waals surface area contributed by atoms with Crippen LogP contribution >= 0.6 is 0 Å². The number of phenols is 1. The summed E-state index contributed by atoms with van der Waals surface area (Å²) in [6.07, 6.45) is 1.26. The SMILES string of the molecule is Cc1c(O)cccc1Oc1nn(C)cc1[N+](=O)[O-]. The fourth-order valence-electron chi connectivity index (χ4n) is 1.47. The van der Waals surface area contributed by atoms with Gasteiger partial charge >= 0.3 is 11.6 Å². The van der Waals surface area contributed by atoms with Crippen LogP contribution in [0.2, 0.25) is 0 Å². The molecule has 7 heteroatoms. The third kappa shape index (κ3) is 2.10. The molecule has 0 aliphatic rings. The smallest absolute Gasteiger partial charge is 0.350 e. The summed E-state index contributed by atoms with van der Waals surface area (Å²) >= 11 is 0. The maximum Gasteiger partial charge on any atom is 0.350 e. The molecule has 94 valence electrons. The highest BCUT2D eigenvalue weighted by molar-refractivity contribution is 5.47. The molecule has 0 atom stereocenters. The Labute approximate surface area is 102 Å². The molecule has 0 spiro atoms. The van der Waals surface area contributed by atoms with Crippen LogP contribution in [0.25, 0.3) is 0 Å². The van der Waals surface area contributed by atoms with Crippen LogP contribution in [0.15, 0.2) is 24.4 Å². The van der Waals surface area contributed by atoms with E-state index in [0.717, 1.165) is 0 Å². The van der Waals surface area contributed by atoms with E-state index in [4.69, 9.17) is 4.74 Å². The molecule has 0 saturated carbocycles. The van der Waals surface area contributed by atoms with Gasteiger partial charge in [0.25, 0.3) is 0 Å². The van der Waals surface area contributed by atoms with Crippen molar-refractivity contribution in [3.63, 3.8) is 0 Å². The largest absolute Gasteiger partial charge is 0.508 e. The molecule has 2 aromatic rings. The zero-order valence-corrected chi connectivity index (χ0v) is 9.82. The number of nitro groups is 1. The molecule has 7 nitrogen and oxygen atoms in total. The molecule has 1 aromatic heterocycles. The van der Waals surface area contributed by atoms with Gasteiger partial charge in [0.05, 0.1) is 4.92 Å². The molecule has 0 unspecified atom stereocenters. The summed E-state index contributed by atoms with van der Waals surface area (Å²) in [4.78, 5) is 10.2. The second kappa shape index (κ2) is 4.36. The van der Waals surface area contributed by atoms with E-state index in [1.54, 1.807) is 26.1 Å². The Morgan fingerprint density at radius 2 is 2.22 bits per heavy atom. The van der Waals surface area contributed by atoms with Gasteiger partial charge < -0.3 is 9.84 Å². The van der Waals surface area contributed by atoms with E-state index in [-0.39, 0.29) is 17.3 Å². The number of hydrogen-bond acceptors (Lipinski definition) is 5. The summed E-state index contributed by atoms with van der Waals surface area (Å²) in [6, 6.07) is 4.70. The lowest BCUT2D eigenvalue weighted by molar-refractivity contribution is -0.385. The van der Waals surface area contributed by atoms with Crippen molar-refractivity contribution in [1.82, 2.24) is 9.78 Å². The summed E-state index contributed by atoms with van der Waals surface area (Å²) in [5.74, 6) is 0.291. The van der Waals surface area contributed by atoms with Gasteiger partial charge in [0.1, 0.15) is 17.7 Å². The summed E-state index contributed by atoms with van der Waals surface area (Å²) < 4.78 is 6.67. The van der Waals surface area contributed by atoms with Gasteiger partial charge in [0.15, 0.2) is 0 Å². The second-order valence-electron chi connectivity index (χ2n) is 3.75. The van der Waals surface area contributed by atoms with Gasteiger partial charge in [-0.3, -0.25) is 14.8 Å². The quantitative estimate of drug-likeness (QED) is 0.664. The monoisotopic (exact) mass is 249 g/mol. The Morgan fingerprint density at radius 1 is 1.50 bits per heavy atom. The maximum absolute atomic E-state index is 10.8. The molecular formula is C11H11N3O4. The van der Waals surface area contributed by atoms with Gasteiger partial charge in [0, 0.05) is 12.6 Å². The highest BCUT2D eigenvalue weighted by Gasteiger charge is 2.21. The minimum Gasteiger partial charge on any atom is -0.508 e. The molecule has 0 saturated heterocycles. The number of rotatable bonds is 3. The van der Waals surface area contributed by atoms with Crippen LogP contribution in [-0.2, 0) is 7.05 Å². The molecule has 0 aliphatic heterocycles. The predicted molar refractivity (Wildman–Crippen MR) is 62.8 cm³/mol. The molecule has 1 aromatic carbocycles. The van der Waals surface area contributed by atoms with Crippen LogP contribution in [0.5, 0.6) is 17.4 Å². The standard InChI is InChI=1S/C11H11N3O4/c1-7-9(15)4-3-5-10(7)18-11-8(14(16)17)6-13(2)12-11/h3-6,15H,1-2H3. The van der Waals surface area contributed by atoms with Crippen molar-refractivity contribution in [3.05, 3.63) is 40.1 Å². The van der Waals surface area contributed by atoms with E-state index in [1.807, 2.05) is 0 Å². The number of aromatic nitrogens is 2. The first-order valence-corrected chi connectivity index (χ1v) is 5.13. The Kier molecular flexibility index (Phi) is 2.88. The highest BCUT2D eigenvalue weighted by Crippen LogP contribution is 2.33. The van der Waals surface area contributed by atoms with Gasteiger partial charge in [-0.15, -0.1) is 5.10 Å². The second-order valence-corrected chi connectivity index (χ2v) is 3.75. The molecule has 0 bridgehead atoms. The summed E-state index contributed by atoms with van der Waals surface area (Å²) in [7, 11) is 1.56. The first kappa shape index (κ1) is 11.9. The fraction of sp³-hybridized carbons (Fsp3) is 0.182. The number of nitrogens with zero attached hydrogens (tertiary/aromatic N) is 3. The van der Waals surface area contributed by atoms with Crippen molar-refractivity contribution < 1.29 is 14.8 Å². The van der Waals surface area contributed by atoms with Gasteiger partial charge in [-0.05, 0) is 19.1 Å². The number of aromatic hydroxyl groups is 1. The van der Waals surface area contributed by atoms with E-state index >= 15 is 0 Å². The van der Waals surface area contributed by atoms with Crippen molar-refractivity contribution in [2.45, 2.75) is 6.92 Å². The predicted octanol–water partition coefficient (Wildman–Crippen LogP) is 2.13. The van der Waals surface area contributed by atoms with E-state index in [9.17, 15) is 15.2 Å². The first-order chi connectivity index (χ1) is 8.49. The lowest BCUT2D eigenvalue weighted by Crippen LogP contribution is -1.93. The Balaban J connectivity index is 2.40. The molecule has 0 amide bonds. The number of phenolic OH excluding ortho intramolecular Hbond substituents is 1. The molecule has 1 N–H and O–H groups in total. The Morgan fingerprint density at radius 3 is 2.89 bits per heavy atom. The third-order valence-corrected chi connectivity index (χ3v) is 2.44. The van der Waals surface area contributed by atoms with Crippen LogP contribution in [-0.4, -0.2) is 19.8 Å². The van der Waals surface area contributed by atoms with Crippen LogP contribution in [0.4, 0.5) is 5.69 Å². The van der Waals surface area contributed by atoms with Crippen LogP contribution in [0, 0.1) is 17.0 Å². The Hall–Kier alpha value is -2.57. The highest BCUT2D eigenvalue weighted by atomic mass is 16.6. The number of aryl methyl sites for hydroxylation is 1. The zero-order chi connectivity index (χ0) is 13.3. The minimum atomic E-state index is -0.569. The van der Waals surface area contributed by atoms with Crippen LogP contribution < -0.4 is 4.74 Å². The van der Waals surface area contributed by atoms with Crippen LogP contribution in [0.3, 0.4) is 0 Å². The lowest BCUT2D eigenvalue weighted by Gasteiger charge is -2.06. The normalized spacial score (nSPS) is 10.3. The maximum atomic E-state index is 10.8. The van der Waals surface area contributed by atoms with E-state index < -0.39 is 4.92 Å². The molecule has 18 heavy (non-hydrogen) atoms. The number of ether oxygens (including phenoxy) is 1. The van der Waals surface area contributed by atoms with Gasteiger partial charge in [-0.25, -0.2) is 0 Å². The zero-order valence-electron chi connectivity index (χ0n) is 9.82. The molecule has 0 radical (unpaired) electrons. The van der Waals surface area contributed by atoms with Crippen molar-refractivity contribution in [2.24, 2.45) is 7.05 Å². The lowest BCUT2D eigenvalue weighted by atomic mass is 10.2. The van der Waals surface area contributed by atoms with Crippen LogP contribution in [0.1, 0.15) is 5.56 Å². The van der Waals surface area contributed by atoms with Crippen molar-refractivity contribution >= 4 is 5.69 Å². The molecule has 0 aliphatic carbocycles. The third-order valence-electron chi connectivity index (χ3n) is 2.44. The van der Waals surface area contributed by atoms with Crippen molar-refractivity contribution in [2.75, 3.05) is 0 Å². The number of benzene rings is 1. The van der Waals surface area contributed by atoms with Gasteiger partial charge in [-0.2, -0.15) is 0 Å². The Bertz CT molecular complexity index is 606. The number of hydrogen-bond donors (Lipinski definition) is 1. The molecule has 2 rings (SSSR count). The first-order valence-electron chi connectivity index (χ1n) is 5.13. The fourth-order valence-corrected chi connectivity index (χ4v) is 1.47. The van der Waals surface area contributed by atoms with Crippen molar-refractivity contribution in [3.8, 4) is 17.4 Å². The summed E-state index contributed by atoms with van der Waals surface area (Å²) in [6.45, 7) is 1.65. The average molecular weight is 249 g/mol. The van der Waals surface area contributed by atoms with Gasteiger partial charge in [-0.1, -0.05) is 6.07 Å². The van der Waals surface area contributed by atoms with Crippen molar-refractivity contribution in [1.29, 1.82) is 0 Å². The van der Waals surface area contributed by atoms with E-state index in [2.05, 4.69) is 5.10 Å². The summed E-state index contributed by atoms with van der Waals surface area (Å²) in [5.41, 5.74) is 0.276. The minimum absolute atomic E-state index is 0.0612. The topological polar surface area (TPSA) is 90.4 Å². The van der Waals surface area contributed by atoms with Gasteiger partial charge in [0.2, 0.25) is 0 Å². The van der Waals surface area contributed by atoms with E-state index in [1.165, 1.54) is 16.9 Å². The summed E-state index contributed by atoms with van der Waals surface area (Å²) in [5, 5.41) is 24.2. The van der Waals surface area contributed by atoms with E-state index in [0.29, 0.717) is 11.3 Å². The molecule has 1 heterocycles. The molecular weight excluding hydrogens is 238 g/mol. The molecule has 0 fully saturated rings. The average Bonchev–Trinajstić information content (AvgIpc) is 2.66.